The third-order valence-electron chi connectivity index (χ3n) is 4.76. The van der Waals surface area contributed by atoms with Gasteiger partial charge in [0.1, 0.15) is 5.82 Å². The molecule has 0 aliphatic carbocycles. The van der Waals surface area contributed by atoms with E-state index in [0.717, 1.165) is 62.5 Å². The van der Waals surface area contributed by atoms with Crippen molar-refractivity contribution in [2.45, 2.75) is 38.1 Å². The lowest BCUT2D eigenvalue weighted by atomic mass is 10.1. The molecule has 140 valence electrons. The summed E-state index contributed by atoms with van der Waals surface area (Å²) >= 11 is 0. The van der Waals surface area contributed by atoms with Crippen molar-refractivity contribution in [3.05, 3.63) is 60.0 Å². The van der Waals surface area contributed by atoms with E-state index in [9.17, 15) is 0 Å². The van der Waals surface area contributed by atoms with E-state index in [1.54, 1.807) is 6.20 Å². The second-order valence-corrected chi connectivity index (χ2v) is 6.82. The van der Waals surface area contributed by atoms with Crippen molar-refractivity contribution in [3.63, 3.8) is 0 Å². The van der Waals surface area contributed by atoms with Crippen LogP contribution in [0.1, 0.15) is 30.7 Å². The number of hydrogen-bond acceptors (Lipinski definition) is 6. The van der Waals surface area contributed by atoms with E-state index in [1.807, 2.05) is 18.2 Å². The maximum absolute atomic E-state index is 5.41. The van der Waals surface area contributed by atoms with Crippen LogP contribution < -0.4 is 5.32 Å². The third kappa shape index (κ3) is 4.92. The second-order valence-electron chi connectivity index (χ2n) is 6.82. The number of nitrogens with one attached hydrogen (secondary N) is 1. The monoisotopic (exact) mass is 364 g/mol. The molecule has 1 aromatic carbocycles. The zero-order valence-corrected chi connectivity index (χ0v) is 15.3. The number of hydrogen-bond donors (Lipinski definition) is 1. The number of rotatable bonds is 7. The number of aryl methyl sites for hydroxylation is 2. The topological polar surface area (TPSA) is 73.1 Å². The first-order chi connectivity index (χ1) is 13.4. The van der Waals surface area contributed by atoms with E-state index in [4.69, 9.17) is 9.26 Å². The van der Waals surface area contributed by atoms with Crippen molar-refractivity contribution in [2.24, 2.45) is 0 Å². The van der Waals surface area contributed by atoms with Gasteiger partial charge in [-0.05, 0) is 43.4 Å². The Hall–Kier alpha value is -2.73. The van der Waals surface area contributed by atoms with Crippen molar-refractivity contribution < 1.29 is 9.26 Å². The van der Waals surface area contributed by atoms with Crippen LogP contribution in [-0.4, -0.2) is 34.4 Å². The first kappa shape index (κ1) is 17.7. The SMILES string of the molecule is c1ccc(CCCc2noc(-c3ccc(NC4CCOCC4)nc3)n2)cc1. The first-order valence-corrected chi connectivity index (χ1v) is 9.54. The molecule has 3 heterocycles. The molecule has 0 radical (unpaired) electrons. The molecule has 1 N–H and O–H groups in total. The fourth-order valence-corrected chi connectivity index (χ4v) is 3.22. The predicted molar refractivity (Wildman–Crippen MR) is 103 cm³/mol. The highest BCUT2D eigenvalue weighted by molar-refractivity contribution is 5.54. The van der Waals surface area contributed by atoms with E-state index in [1.165, 1.54) is 5.56 Å². The molecule has 3 aromatic rings. The summed E-state index contributed by atoms with van der Waals surface area (Å²) < 4.78 is 10.8. The molecule has 0 bridgehead atoms. The third-order valence-corrected chi connectivity index (χ3v) is 4.76. The van der Waals surface area contributed by atoms with Gasteiger partial charge >= 0.3 is 0 Å². The molecule has 1 aliphatic rings. The Morgan fingerprint density at radius 2 is 1.85 bits per heavy atom. The Labute approximate surface area is 159 Å². The van der Waals surface area contributed by atoms with Gasteiger partial charge in [0.2, 0.25) is 0 Å². The maximum Gasteiger partial charge on any atom is 0.259 e. The Balaban J connectivity index is 1.31. The van der Waals surface area contributed by atoms with Crippen LogP contribution >= 0.6 is 0 Å². The summed E-state index contributed by atoms with van der Waals surface area (Å²) in [6.45, 7) is 1.62. The molecule has 2 aromatic heterocycles. The molecule has 0 atom stereocenters. The van der Waals surface area contributed by atoms with Crippen LogP contribution in [-0.2, 0) is 17.6 Å². The molecule has 6 nitrogen and oxygen atoms in total. The largest absolute Gasteiger partial charge is 0.381 e. The van der Waals surface area contributed by atoms with Gasteiger partial charge in [-0.25, -0.2) is 4.98 Å². The predicted octanol–water partition coefficient (Wildman–Crippen LogP) is 3.90. The summed E-state index contributed by atoms with van der Waals surface area (Å²) in [6.07, 6.45) is 6.62. The van der Waals surface area contributed by atoms with Gasteiger partial charge < -0.3 is 14.6 Å². The average molecular weight is 364 g/mol. The zero-order valence-electron chi connectivity index (χ0n) is 15.3. The van der Waals surface area contributed by atoms with Crippen molar-refractivity contribution in [2.75, 3.05) is 18.5 Å². The number of aromatic nitrogens is 3. The molecule has 1 aliphatic heterocycles. The van der Waals surface area contributed by atoms with Gasteiger partial charge in [0.25, 0.3) is 5.89 Å². The summed E-state index contributed by atoms with van der Waals surface area (Å²) in [5.41, 5.74) is 2.17. The van der Waals surface area contributed by atoms with Crippen molar-refractivity contribution in [1.29, 1.82) is 0 Å². The summed E-state index contributed by atoms with van der Waals surface area (Å²) in [7, 11) is 0. The Morgan fingerprint density at radius 1 is 1.00 bits per heavy atom. The van der Waals surface area contributed by atoms with Gasteiger partial charge in [0.15, 0.2) is 5.82 Å². The minimum Gasteiger partial charge on any atom is -0.381 e. The molecule has 0 unspecified atom stereocenters. The molecule has 0 amide bonds. The van der Waals surface area contributed by atoms with Crippen LogP contribution in [0.4, 0.5) is 5.82 Å². The number of nitrogens with zero attached hydrogens (tertiary/aromatic N) is 3. The molecule has 0 spiro atoms. The summed E-state index contributed by atoms with van der Waals surface area (Å²) in [5, 5.41) is 7.55. The lowest BCUT2D eigenvalue weighted by molar-refractivity contribution is 0.0904. The highest BCUT2D eigenvalue weighted by Crippen LogP contribution is 2.20. The van der Waals surface area contributed by atoms with Crippen LogP contribution in [0.2, 0.25) is 0 Å². The van der Waals surface area contributed by atoms with Crippen LogP contribution in [0.5, 0.6) is 0 Å². The van der Waals surface area contributed by atoms with Crippen LogP contribution in [0, 0.1) is 0 Å². The lowest BCUT2D eigenvalue weighted by Crippen LogP contribution is -2.28. The van der Waals surface area contributed by atoms with Crippen molar-refractivity contribution >= 4 is 5.82 Å². The highest BCUT2D eigenvalue weighted by atomic mass is 16.5. The fraction of sp³-hybridized carbons (Fsp3) is 0.381. The highest BCUT2D eigenvalue weighted by Gasteiger charge is 2.14. The second kappa shape index (κ2) is 8.77. The van der Waals surface area contributed by atoms with Crippen LogP contribution in [0.25, 0.3) is 11.5 Å². The molecule has 27 heavy (non-hydrogen) atoms. The molecule has 0 saturated carbocycles. The summed E-state index contributed by atoms with van der Waals surface area (Å²) in [6, 6.07) is 14.8. The first-order valence-electron chi connectivity index (χ1n) is 9.54. The number of anilines is 1. The van der Waals surface area contributed by atoms with E-state index in [-0.39, 0.29) is 0 Å². The summed E-state index contributed by atoms with van der Waals surface area (Å²) in [4.78, 5) is 8.98. The van der Waals surface area contributed by atoms with Gasteiger partial charge in [-0.2, -0.15) is 4.98 Å². The number of ether oxygens (including phenoxy) is 1. The normalized spacial score (nSPS) is 15.0. The number of benzene rings is 1. The van der Waals surface area contributed by atoms with Gasteiger partial charge in [0.05, 0.1) is 5.56 Å². The van der Waals surface area contributed by atoms with Gasteiger partial charge in [-0.15, -0.1) is 0 Å². The average Bonchev–Trinajstić information content (AvgIpc) is 3.19. The van der Waals surface area contributed by atoms with Gasteiger partial charge in [-0.3, -0.25) is 0 Å². The van der Waals surface area contributed by atoms with Crippen LogP contribution in [0.3, 0.4) is 0 Å². The number of pyridine rings is 1. The molecular weight excluding hydrogens is 340 g/mol. The molecule has 1 saturated heterocycles. The molecule has 6 heteroatoms. The lowest BCUT2D eigenvalue weighted by Gasteiger charge is -2.23. The van der Waals surface area contributed by atoms with Crippen molar-refractivity contribution in [3.8, 4) is 11.5 Å². The summed E-state index contributed by atoms with van der Waals surface area (Å²) in [5.74, 6) is 2.13. The van der Waals surface area contributed by atoms with E-state index < -0.39 is 0 Å². The van der Waals surface area contributed by atoms with E-state index in [2.05, 4.69) is 44.7 Å². The Kier molecular flexibility index (Phi) is 5.74. The zero-order chi connectivity index (χ0) is 18.3. The smallest absolute Gasteiger partial charge is 0.259 e. The van der Waals surface area contributed by atoms with Crippen LogP contribution in [0.15, 0.2) is 53.2 Å². The standard InChI is InChI=1S/C21H24N4O2/c1-2-5-16(6-3-1)7-4-8-20-24-21(27-25-20)17-9-10-19(22-15-17)23-18-11-13-26-14-12-18/h1-3,5-6,9-10,15,18H,4,7-8,11-14H2,(H,22,23). The fourth-order valence-electron chi connectivity index (χ4n) is 3.22. The molecule has 1 fully saturated rings. The van der Waals surface area contributed by atoms with Gasteiger partial charge in [0, 0.05) is 31.9 Å². The Bertz CT molecular complexity index is 827. The maximum atomic E-state index is 5.41. The molecule has 4 rings (SSSR count). The quantitative estimate of drug-likeness (QED) is 0.685. The molecular formula is C21H24N4O2. The van der Waals surface area contributed by atoms with Crippen molar-refractivity contribution in [1.82, 2.24) is 15.1 Å². The van der Waals surface area contributed by atoms with Gasteiger partial charge in [-0.1, -0.05) is 35.5 Å². The Morgan fingerprint density at radius 3 is 2.63 bits per heavy atom. The van der Waals surface area contributed by atoms with E-state index in [0.29, 0.717) is 11.9 Å². The van der Waals surface area contributed by atoms with E-state index >= 15 is 0 Å². The minimum absolute atomic E-state index is 0.428. The minimum atomic E-state index is 0.428.